The van der Waals surface area contributed by atoms with E-state index in [4.69, 9.17) is 4.52 Å². The largest absolute Gasteiger partial charge is 0.339 e. The van der Waals surface area contributed by atoms with Gasteiger partial charge in [0.15, 0.2) is 11.7 Å². The summed E-state index contributed by atoms with van der Waals surface area (Å²) in [7, 11) is 0. The van der Waals surface area contributed by atoms with Crippen LogP contribution in [0.1, 0.15) is 32.9 Å². The first-order valence-electron chi connectivity index (χ1n) is 6.85. The summed E-state index contributed by atoms with van der Waals surface area (Å²) in [6.45, 7) is 3.53. The van der Waals surface area contributed by atoms with Gasteiger partial charge < -0.3 is 4.52 Å². The summed E-state index contributed by atoms with van der Waals surface area (Å²) in [5, 5.41) is 15.5. The lowest BCUT2D eigenvalue weighted by molar-refractivity contribution is 0.0979. The first kappa shape index (κ1) is 15.1. The Morgan fingerprint density at radius 3 is 2.78 bits per heavy atom. The number of carbonyl (C=O) groups excluding carboxylic acids is 1. The minimum atomic E-state index is -0.907. The van der Waals surface area contributed by atoms with Crippen molar-refractivity contribution in [3.05, 3.63) is 51.8 Å². The first-order valence-corrected chi connectivity index (χ1v) is 7.73. The molecule has 6 nitrogen and oxygen atoms in total. The Morgan fingerprint density at radius 1 is 1.35 bits per heavy atom. The summed E-state index contributed by atoms with van der Waals surface area (Å²) in [5.74, 6) is -0.333. The zero-order chi connectivity index (χ0) is 16.4. The number of ketones is 1. The van der Waals surface area contributed by atoms with Crippen LogP contribution in [0.25, 0.3) is 11.4 Å². The molecule has 0 saturated carbocycles. The number of nitrogens with zero attached hydrogens (tertiary/aromatic N) is 4. The maximum absolute atomic E-state index is 12.7. The Balaban J connectivity index is 1.95. The lowest BCUT2D eigenvalue weighted by Gasteiger charge is -2.06. The van der Waals surface area contributed by atoms with Crippen LogP contribution in [-0.2, 0) is 0 Å². The van der Waals surface area contributed by atoms with Crippen molar-refractivity contribution in [2.75, 3.05) is 0 Å². The van der Waals surface area contributed by atoms with Gasteiger partial charge in [-0.05, 0) is 13.0 Å². The molecule has 1 unspecified atom stereocenters. The highest BCUT2D eigenvalue weighted by Gasteiger charge is 2.25. The zero-order valence-corrected chi connectivity index (χ0v) is 13.3. The second-order valence-electron chi connectivity index (χ2n) is 4.97. The molecule has 0 amide bonds. The molecule has 3 aromatic rings. The fourth-order valence-corrected chi connectivity index (χ4v) is 2.96. The maximum Gasteiger partial charge on any atom is 0.223 e. The summed E-state index contributed by atoms with van der Waals surface area (Å²) >= 11 is 1.32. The van der Waals surface area contributed by atoms with Gasteiger partial charge in [0.2, 0.25) is 11.7 Å². The van der Waals surface area contributed by atoms with Crippen LogP contribution in [0, 0.1) is 25.2 Å². The molecule has 23 heavy (non-hydrogen) atoms. The van der Waals surface area contributed by atoms with Crippen LogP contribution in [0.15, 0.2) is 34.2 Å². The molecule has 0 fully saturated rings. The third-order valence-corrected chi connectivity index (χ3v) is 4.24. The summed E-state index contributed by atoms with van der Waals surface area (Å²) in [6, 6.07) is 8.90. The van der Waals surface area contributed by atoms with Crippen LogP contribution in [0.3, 0.4) is 0 Å². The van der Waals surface area contributed by atoms with Crippen LogP contribution >= 0.6 is 11.3 Å². The van der Waals surface area contributed by atoms with Crippen molar-refractivity contribution in [1.29, 1.82) is 5.26 Å². The average Bonchev–Trinajstić information content (AvgIpc) is 3.17. The second kappa shape index (κ2) is 6.10. The van der Waals surface area contributed by atoms with Crippen molar-refractivity contribution >= 4 is 17.1 Å². The summed E-state index contributed by atoms with van der Waals surface area (Å²) in [5.41, 5.74) is 1.89. The highest BCUT2D eigenvalue weighted by atomic mass is 32.1. The predicted molar refractivity (Wildman–Crippen MR) is 84.0 cm³/mol. The van der Waals surface area contributed by atoms with Gasteiger partial charge in [0.25, 0.3) is 0 Å². The van der Waals surface area contributed by atoms with Gasteiger partial charge in [-0.2, -0.15) is 10.2 Å². The van der Waals surface area contributed by atoms with Crippen molar-refractivity contribution in [3.8, 4) is 17.5 Å². The van der Waals surface area contributed by atoms with Crippen LogP contribution in [-0.4, -0.2) is 20.9 Å². The predicted octanol–water partition coefficient (Wildman–Crippen LogP) is 3.30. The van der Waals surface area contributed by atoms with E-state index in [1.807, 2.05) is 18.4 Å². The molecule has 0 radical (unpaired) electrons. The molecule has 0 bridgehead atoms. The number of thiazole rings is 1. The third kappa shape index (κ3) is 3.03. The molecule has 7 heteroatoms. The van der Waals surface area contributed by atoms with E-state index in [0.717, 1.165) is 5.69 Å². The smallest absolute Gasteiger partial charge is 0.223 e. The van der Waals surface area contributed by atoms with Crippen LogP contribution < -0.4 is 0 Å². The van der Waals surface area contributed by atoms with Gasteiger partial charge in [0.1, 0.15) is 5.01 Å². The molecule has 1 aromatic carbocycles. The Labute approximate surface area is 136 Å². The number of carbonyl (C=O) groups is 1. The topological polar surface area (TPSA) is 92.7 Å². The van der Waals surface area contributed by atoms with Crippen molar-refractivity contribution in [2.45, 2.75) is 19.8 Å². The quantitative estimate of drug-likeness (QED) is 0.684. The SMILES string of the molecule is Cc1csc(C(C#N)C(=O)c2cccc(-c3noc(C)n3)c2)n1. The number of Topliss-reactive ketones (excluding diaryl/α,β-unsaturated/α-hetero) is 1. The Morgan fingerprint density at radius 2 is 2.17 bits per heavy atom. The van der Waals surface area contributed by atoms with Gasteiger partial charge in [0, 0.05) is 29.1 Å². The number of aryl methyl sites for hydroxylation is 2. The van der Waals surface area contributed by atoms with Crippen molar-refractivity contribution in [3.63, 3.8) is 0 Å². The zero-order valence-electron chi connectivity index (χ0n) is 12.5. The van der Waals surface area contributed by atoms with E-state index in [1.54, 1.807) is 31.2 Å². The fourth-order valence-electron chi connectivity index (χ4n) is 2.13. The molecular formula is C16H12N4O2S. The minimum absolute atomic E-state index is 0.288. The van der Waals surface area contributed by atoms with Gasteiger partial charge in [-0.3, -0.25) is 4.79 Å². The second-order valence-corrected chi connectivity index (χ2v) is 5.86. The number of hydrogen-bond acceptors (Lipinski definition) is 7. The van der Waals surface area contributed by atoms with Gasteiger partial charge in [-0.25, -0.2) is 4.98 Å². The molecule has 0 aliphatic rings. The Kier molecular flexibility index (Phi) is 4.00. The Bertz CT molecular complexity index is 907. The van der Waals surface area contributed by atoms with Crippen LogP contribution in [0.5, 0.6) is 0 Å². The lowest BCUT2D eigenvalue weighted by Crippen LogP contribution is -2.11. The molecule has 0 saturated heterocycles. The van der Waals surface area contributed by atoms with E-state index in [9.17, 15) is 10.1 Å². The van der Waals surface area contributed by atoms with E-state index in [-0.39, 0.29) is 5.78 Å². The first-order chi connectivity index (χ1) is 11.1. The monoisotopic (exact) mass is 324 g/mol. The van der Waals surface area contributed by atoms with Gasteiger partial charge in [-0.1, -0.05) is 23.4 Å². The standard InChI is InChI=1S/C16H12N4O2S/c1-9-8-23-16(18-9)13(7-17)14(21)11-4-3-5-12(6-11)15-19-10(2)22-20-15/h3-6,8,13H,1-2H3. The summed E-state index contributed by atoms with van der Waals surface area (Å²) < 4.78 is 4.95. The molecule has 3 rings (SSSR count). The molecule has 0 aliphatic carbocycles. The maximum atomic E-state index is 12.7. The number of aromatic nitrogens is 3. The summed E-state index contributed by atoms with van der Waals surface area (Å²) in [4.78, 5) is 21.0. The van der Waals surface area contributed by atoms with Crippen molar-refractivity contribution in [1.82, 2.24) is 15.1 Å². The molecule has 1 atom stereocenters. The fraction of sp³-hybridized carbons (Fsp3) is 0.188. The molecule has 2 aromatic heterocycles. The number of benzene rings is 1. The number of hydrogen-bond donors (Lipinski definition) is 0. The summed E-state index contributed by atoms with van der Waals surface area (Å²) in [6.07, 6.45) is 0. The van der Waals surface area contributed by atoms with Crippen LogP contribution in [0.2, 0.25) is 0 Å². The van der Waals surface area contributed by atoms with E-state index in [1.165, 1.54) is 11.3 Å². The molecule has 114 valence electrons. The minimum Gasteiger partial charge on any atom is -0.339 e. The number of rotatable bonds is 4. The molecule has 2 heterocycles. The Hall–Kier alpha value is -2.85. The van der Waals surface area contributed by atoms with E-state index in [0.29, 0.717) is 27.8 Å². The van der Waals surface area contributed by atoms with Gasteiger partial charge in [-0.15, -0.1) is 11.3 Å². The molecule has 0 aliphatic heterocycles. The lowest BCUT2D eigenvalue weighted by atomic mass is 9.97. The highest BCUT2D eigenvalue weighted by molar-refractivity contribution is 7.10. The molecular weight excluding hydrogens is 312 g/mol. The third-order valence-electron chi connectivity index (χ3n) is 3.21. The van der Waals surface area contributed by atoms with E-state index in [2.05, 4.69) is 15.1 Å². The van der Waals surface area contributed by atoms with Gasteiger partial charge in [0.05, 0.1) is 6.07 Å². The van der Waals surface area contributed by atoms with Crippen molar-refractivity contribution in [2.24, 2.45) is 0 Å². The van der Waals surface area contributed by atoms with E-state index < -0.39 is 5.92 Å². The highest BCUT2D eigenvalue weighted by Crippen LogP contribution is 2.25. The number of nitriles is 1. The average molecular weight is 324 g/mol. The molecule has 0 N–H and O–H groups in total. The van der Waals surface area contributed by atoms with Crippen molar-refractivity contribution < 1.29 is 9.32 Å². The van der Waals surface area contributed by atoms with Gasteiger partial charge >= 0.3 is 0 Å². The van der Waals surface area contributed by atoms with E-state index >= 15 is 0 Å². The normalized spacial score (nSPS) is 11.9. The van der Waals surface area contributed by atoms with Crippen LogP contribution in [0.4, 0.5) is 0 Å². The molecule has 0 spiro atoms.